The second-order valence-corrected chi connectivity index (χ2v) is 8.54. The Morgan fingerprint density at radius 1 is 0.833 bits per heavy atom. The molecular formula is C27H24N2O. The number of fused-ring (bicyclic) bond motifs is 6. The maximum absolute atomic E-state index is 9.74. The molecule has 3 heteroatoms. The zero-order valence-corrected chi connectivity index (χ0v) is 17.4. The molecule has 0 saturated carbocycles. The number of allylic oxidation sites excluding steroid dienone is 2. The topological polar surface area (TPSA) is 30.1 Å². The van der Waals surface area contributed by atoms with Crippen LogP contribution in [0.3, 0.4) is 0 Å². The number of hydrogen-bond donors (Lipinski definition) is 1. The first-order chi connectivity index (χ1) is 14.7. The third kappa shape index (κ3) is 2.20. The summed E-state index contributed by atoms with van der Waals surface area (Å²) in [6.07, 6.45) is 2.85. The van der Waals surface area contributed by atoms with Crippen molar-refractivity contribution < 1.29 is 5.11 Å². The molecule has 0 saturated heterocycles. The molecule has 2 aromatic carbocycles. The Morgan fingerprint density at radius 3 is 1.93 bits per heavy atom. The zero-order valence-electron chi connectivity index (χ0n) is 17.4. The maximum atomic E-state index is 9.74. The van der Waals surface area contributed by atoms with E-state index in [9.17, 15) is 5.11 Å². The number of nitrogens with zero attached hydrogens (tertiary/aromatic N) is 2. The first kappa shape index (κ1) is 17.6. The van der Waals surface area contributed by atoms with Gasteiger partial charge in [0.25, 0.3) is 0 Å². The molecule has 2 aliphatic heterocycles. The van der Waals surface area contributed by atoms with Crippen molar-refractivity contribution in [2.75, 3.05) is 6.61 Å². The van der Waals surface area contributed by atoms with Crippen molar-refractivity contribution >= 4 is 44.7 Å². The molecule has 4 aromatic rings. The lowest BCUT2D eigenvalue weighted by atomic mass is 10.1. The molecule has 148 valence electrons. The van der Waals surface area contributed by atoms with Crippen molar-refractivity contribution in [3.8, 4) is 0 Å². The summed E-state index contributed by atoms with van der Waals surface area (Å²) >= 11 is 0. The van der Waals surface area contributed by atoms with Crippen LogP contribution in [0.15, 0.2) is 48.5 Å². The molecule has 6 rings (SSSR count). The smallest absolute Gasteiger partial charge is 0.0877 e. The van der Waals surface area contributed by atoms with E-state index in [0.29, 0.717) is 0 Å². The fourth-order valence-corrected chi connectivity index (χ4v) is 5.09. The van der Waals surface area contributed by atoms with Crippen molar-refractivity contribution in [2.24, 2.45) is 5.92 Å². The van der Waals surface area contributed by atoms with Crippen LogP contribution in [0.1, 0.15) is 33.1 Å². The number of hydrogen-bond acceptors (Lipinski definition) is 1. The van der Waals surface area contributed by atoms with Crippen LogP contribution >= 0.6 is 0 Å². The minimum Gasteiger partial charge on any atom is -0.396 e. The highest BCUT2D eigenvalue weighted by Crippen LogP contribution is 2.28. The Morgan fingerprint density at radius 2 is 1.37 bits per heavy atom. The average Bonchev–Trinajstić information content (AvgIpc) is 3.28. The van der Waals surface area contributed by atoms with E-state index in [0.717, 1.165) is 25.0 Å². The predicted molar refractivity (Wildman–Crippen MR) is 123 cm³/mol. The van der Waals surface area contributed by atoms with Crippen molar-refractivity contribution in [1.29, 1.82) is 0 Å². The molecule has 2 aliphatic rings. The van der Waals surface area contributed by atoms with Gasteiger partial charge in [0.2, 0.25) is 0 Å². The second kappa shape index (κ2) is 6.39. The highest BCUT2D eigenvalue weighted by atomic mass is 16.3. The summed E-state index contributed by atoms with van der Waals surface area (Å²) in [6, 6.07) is 17.3. The van der Waals surface area contributed by atoms with E-state index >= 15 is 0 Å². The van der Waals surface area contributed by atoms with Crippen LogP contribution < -0.4 is 10.4 Å². The van der Waals surface area contributed by atoms with Crippen LogP contribution in [-0.2, 0) is 0 Å². The third-order valence-corrected chi connectivity index (χ3v) is 6.39. The largest absolute Gasteiger partial charge is 0.396 e. The molecule has 0 bridgehead atoms. The number of aliphatic hydroxyl groups is 1. The molecular weight excluding hydrogens is 368 g/mol. The molecule has 30 heavy (non-hydrogen) atoms. The zero-order chi connectivity index (χ0) is 20.4. The molecule has 1 N–H and O–H groups in total. The van der Waals surface area contributed by atoms with Gasteiger partial charge in [0.1, 0.15) is 0 Å². The summed E-state index contributed by atoms with van der Waals surface area (Å²) in [5.41, 5.74) is 12.4. The first-order valence-corrected chi connectivity index (χ1v) is 10.9. The quantitative estimate of drug-likeness (QED) is 0.543. The van der Waals surface area contributed by atoms with Crippen LogP contribution in [-0.4, -0.2) is 20.8 Å². The summed E-state index contributed by atoms with van der Waals surface area (Å²) in [5.74, 6) is 0.179. The summed E-state index contributed by atoms with van der Waals surface area (Å²) in [4.78, 5) is 0. The number of rotatable bonds is 5. The van der Waals surface area contributed by atoms with Crippen LogP contribution in [0.2, 0.25) is 0 Å². The van der Waals surface area contributed by atoms with E-state index in [1.54, 1.807) is 0 Å². The van der Waals surface area contributed by atoms with Gasteiger partial charge in [0.05, 0.1) is 43.6 Å². The molecule has 0 radical (unpaired) electrons. The number of aliphatic hydroxyl groups excluding tert-OH is 1. The highest BCUT2D eigenvalue weighted by Gasteiger charge is 2.23. The van der Waals surface area contributed by atoms with E-state index in [4.69, 9.17) is 0 Å². The van der Waals surface area contributed by atoms with E-state index in [1.807, 2.05) is 0 Å². The van der Waals surface area contributed by atoms with Gasteiger partial charge in [-0.1, -0.05) is 68.1 Å². The normalized spacial score (nSPS) is 14.8. The monoisotopic (exact) mass is 392 g/mol. The lowest BCUT2D eigenvalue weighted by Gasteiger charge is -2.16. The third-order valence-electron chi connectivity index (χ3n) is 6.39. The summed E-state index contributed by atoms with van der Waals surface area (Å²) in [7, 11) is 0. The van der Waals surface area contributed by atoms with Crippen molar-refractivity contribution in [1.82, 2.24) is 9.13 Å². The van der Waals surface area contributed by atoms with Gasteiger partial charge in [-0.3, -0.25) is 0 Å². The Kier molecular flexibility index (Phi) is 3.75. The van der Waals surface area contributed by atoms with Gasteiger partial charge in [0.15, 0.2) is 0 Å². The molecule has 0 aliphatic carbocycles. The van der Waals surface area contributed by atoms with Gasteiger partial charge >= 0.3 is 0 Å². The van der Waals surface area contributed by atoms with Crippen molar-refractivity contribution in [3.63, 3.8) is 0 Å². The van der Waals surface area contributed by atoms with E-state index < -0.39 is 0 Å². The molecule has 0 spiro atoms. The van der Waals surface area contributed by atoms with Crippen molar-refractivity contribution in [3.05, 3.63) is 69.7 Å². The van der Waals surface area contributed by atoms with Gasteiger partial charge in [-0.25, -0.2) is 0 Å². The van der Waals surface area contributed by atoms with Crippen LogP contribution in [0.5, 0.6) is 0 Å². The predicted octanol–water partition coefficient (Wildman–Crippen LogP) is 4.17. The van der Waals surface area contributed by atoms with Crippen LogP contribution in [0.4, 0.5) is 0 Å². The maximum Gasteiger partial charge on any atom is 0.0877 e. The van der Waals surface area contributed by atoms with Gasteiger partial charge < -0.3 is 14.2 Å². The Bertz CT molecular complexity index is 1650. The van der Waals surface area contributed by atoms with Gasteiger partial charge in [-0.05, 0) is 24.5 Å². The van der Waals surface area contributed by atoms with E-state index in [2.05, 4.69) is 83.0 Å². The first-order valence-electron chi connectivity index (χ1n) is 10.9. The average molecular weight is 393 g/mol. The highest BCUT2D eigenvalue weighted by molar-refractivity contribution is 5.93. The number of aromatic nitrogens is 2. The fourth-order valence-electron chi connectivity index (χ4n) is 5.09. The van der Waals surface area contributed by atoms with E-state index in [-0.39, 0.29) is 12.5 Å². The van der Waals surface area contributed by atoms with E-state index in [1.165, 1.54) is 48.6 Å². The summed E-state index contributed by atoms with van der Waals surface area (Å²) in [5, 5.41) is 17.1. The molecule has 2 aromatic heterocycles. The Hall–Kier alpha value is -3.22. The molecule has 4 heterocycles. The molecule has 1 unspecified atom stereocenters. The SMILES string of the molecule is CCCC1=C=c2c3n(c4ccccc24)C(CC(C)CO)=C=c2c=3n1c1ccccc21. The molecule has 1 atom stereocenters. The fraction of sp³-hybridized carbons (Fsp3) is 0.259. The van der Waals surface area contributed by atoms with Gasteiger partial charge in [-0.2, -0.15) is 0 Å². The minimum atomic E-state index is 0.174. The van der Waals surface area contributed by atoms with Crippen molar-refractivity contribution in [2.45, 2.75) is 33.1 Å². The lowest BCUT2D eigenvalue weighted by molar-refractivity contribution is 0.239. The summed E-state index contributed by atoms with van der Waals surface area (Å²) < 4.78 is 4.77. The molecule has 0 amide bonds. The van der Waals surface area contributed by atoms with Crippen LogP contribution in [0, 0.1) is 16.6 Å². The number of para-hydroxylation sites is 2. The van der Waals surface area contributed by atoms with Gasteiger partial charge in [0, 0.05) is 23.8 Å². The molecule has 3 nitrogen and oxygen atoms in total. The lowest BCUT2D eigenvalue weighted by Crippen LogP contribution is -2.19. The second-order valence-electron chi connectivity index (χ2n) is 8.54. The minimum absolute atomic E-state index is 0.174. The van der Waals surface area contributed by atoms with Gasteiger partial charge in [-0.15, -0.1) is 0 Å². The summed E-state index contributed by atoms with van der Waals surface area (Å²) in [6.45, 7) is 4.50. The Balaban J connectivity index is 1.95. The molecule has 0 fully saturated rings. The standard InChI is InChI=1S/C27H24N2O/c1-3-8-18-14-22-20-9-5-7-12-25(20)29-19(13-17(2)16-30)15-23-21-10-4-6-11-24(21)28(18)26(23)27(22)29/h4-7,9-12,17,30H,3,8,13,16H2,1-2H3. The Labute approximate surface area is 174 Å². The van der Waals surface area contributed by atoms with Crippen LogP contribution in [0.25, 0.3) is 44.7 Å². The number of benzene rings is 2.